The predicted molar refractivity (Wildman–Crippen MR) is 113 cm³/mol. The molecule has 0 aliphatic rings. The van der Waals surface area contributed by atoms with Crippen LogP contribution >= 0.6 is 23.4 Å². The summed E-state index contributed by atoms with van der Waals surface area (Å²) in [4.78, 5) is 12.7. The Labute approximate surface area is 182 Å². The van der Waals surface area contributed by atoms with Crippen molar-refractivity contribution in [3.05, 3.63) is 53.1 Å². The van der Waals surface area contributed by atoms with Crippen molar-refractivity contribution in [1.82, 2.24) is 4.31 Å². The fraction of sp³-hybridized carbons (Fsp3) is 0.316. The molecule has 0 aliphatic carbocycles. The number of carbonyl (C=O) groups excluding carboxylic acids is 1. The monoisotopic (exact) mass is 480 g/mol. The summed E-state index contributed by atoms with van der Waals surface area (Å²) in [6.45, 7) is 3.83. The van der Waals surface area contributed by atoms with Crippen LogP contribution in [0.3, 0.4) is 0 Å². The Hall–Kier alpha value is -1.75. The molecule has 1 amide bonds. The standard InChI is InChI=1S/C19H20ClF3N2O3S2/c1-3-25(4-2)30(27,28)17-11-13(9-10-14(17)20)18(26)24-15-7-5-6-8-16(15)29-12-19(21,22)23/h5-11H,3-4,12H2,1-2H3,(H,24,26). The second-order valence-corrected chi connectivity index (χ2v) is 9.42. The molecule has 0 atom stereocenters. The highest BCUT2D eigenvalue weighted by molar-refractivity contribution is 7.99. The first kappa shape index (κ1) is 24.5. The molecule has 0 aliphatic heterocycles. The zero-order chi connectivity index (χ0) is 22.5. The Bertz CT molecular complexity index is 1010. The van der Waals surface area contributed by atoms with E-state index in [1.54, 1.807) is 26.0 Å². The minimum atomic E-state index is -4.36. The maximum atomic E-state index is 12.8. The number of rotatable bonds is 8. The number of carbonyl (C=O) groups is 1. The normalized spacial score (nSPS) is 12.2. The predicted octanol–water partition coefficient (Wildman–Crippen LogP) is 5.28. The number of alkyl halides is 3. The number of halogens is 4. The molecule has 0 radical (unpaired) electrons. The Balaban J connectivity index is 2.32. The van der Waals surface area contributed by atoms with Gasteiger partial charge in [0.25, 0.3) is 5.91 Å². The molecule has 30 heavy (non-hydrogen) atoms. The van der Waals surface area contributed by atoms with Crippen LogP contribution in [0.5, 0.6) is 0 Å². The zero-order valence-electron chi connectivity index (χ0n) is 16.2. The molecule has 1 N–H and O–H groups in total. The second-order valence-electron chi connectivity index (χ2n) is 6.09. The van der Waals surface area contributed by atoms with E-state index in [0.717, 1.165) is 6.07 Å². The van der Waals surface area contributed by atoms with Crippen molar-refractivity contribution in [2.75, 3.05) is 24.2 Å². The maximum absolute atomic E-state index is 12.8. The van der Waals surface area contributed by atoms with Crippen LogP contribution in [0.1, 0.15) is 24.2 Å². The quantitative estimate of drug-likeness (QED) is 0.522. The van der Waals surface area contributed by atoms with E-state index >= 15 is 0 Å². The summed E-state index contributed by atoms with van der Waals surface area (Å²) < 4.78 is 64.4. The van der Waals surface area contributed by atoms with Gasteiger partial charge in [0.05, 0.1) is 16.5 Å². The summed E-state index contributed by atoms with van der Waals surface area (Å²) in [7, 11) is -3.90. The summed E-state index contributed by atoms with van der Waals surface area (Å²) in [5.74, 6) is -1.77. The highest BCUT2D eigenvalue weighted by Gasteiger charge is 2.28. The topological polar surface area (TPSA) is 66.5 Å². The Kier molecular flexibility index (Phi) is 8.20. The van der Waals surface area contributed by atoms with Crippen LogP contribution in [0, 0.1) is 0 Å². The van der Waals surface area contributed by atoms with E-state index in [1.807, 2.05) is 0 Å². The lowest BCUT2D eigenvalue weighted by Gasteiger charge is -2.19. The molecule has 0 aromatic heterocycles. The van der Waals surface area contributed by atoms with E-state index in [0.29, 0.717) is 11.8 Å². The Morgan fingerprint density at radius 1 is 1.13 bits per heavy atom. The third-order valence-electron chi connectivity index (χ3n) is 4.04. The third-order valence-corrected chi connectivity index (χ3v) is 7.71. The fourth-order valence-electron chi connectivity index (χ4n) is 2.59. The molecule has 0 unspecified atom stereocenters. The first-order valence-corrected chi connectivity index (χ1v) is 11.7. The molecule has 5 nitrogen and oxygen atoms in total. The first-order valence-electron chi connectivity index (χ1n) is 8.89. The van der Waals surface area contributed by atoms with Gasteiger partial charge in [-0.05, 0) is 30.3 Å². The minimum Gasteiger partial charge on any atom is -0.321 e. The number of thioether (sulfide) groups is 1. The fourth-order valence-corrected chi connectivity index (χ4v) is 5.32. The summed E-state index contributed by atoms with van der Waals surface area (Å²) in [6, 6.07) is 9.89. The van der Waals surface area contributed by atoms with Gasteiger partial charge in [-0.25, -0.2) is 8.42 Å². The van der Waals surface area contributed by atoms with Gasteiger partial charge >= 0.3 is 6.18 Å². The van der Waals surface area contributed by atoms with E-state index in [9.17, 15) is 26.4 Å². The summed E-state index contributed by atoms with van der Waals surface area (Å²) >= 11 is 6.61. The molecule has 2 rings (SSSR count). The van der Waals surface area contributed by atoms with Gasteiger partial charge in [-0.2, -0.15) is 17.5 Å². The highest BCUT2D eigenvalue weighted by Crippen LogP contribution is 2.33. The molecule has 0 saturated heterocycles. The molecule has 2 aromatic rings. The van der Waals surface area contributed by atoms with Crippen LogP contribution in [0.15, 0.2) is 52.3 Å². The van der Waals surface area contributed by atoms with Crippen molar-refractivity contribution in [2.24, 2.45) is 0 Å². The molecule has 0 heterocycles. The number of amides is 1. The van der Waals surface area contributed by atoms with Gasteiger partial charge in [0.1, 0.15) is 4.90 Å². The van der Waals surface area contributed by atoms with E-state index < -0.39 is 27.9 Å². The number of nitrogens with zero attached hydrogens (tertiary/aromatic N) is 1. The molecule has 2 aromatic carbocycles. The number of benzene rings is 2. The van der Waals surface area contributed by atoms with Crippen molar-refractivity contribution >= 4 is 45.0 Å². The van der Waals surface area contributed by atoms with Gasteiger partial charge in [-0.15, -0.1) is 11.8 Å². The molecule has 0 spiro atoms. The molecular weight excluding hydrogens is 461 g/mol. The number of hydrogen-bond donors (Lipinski definition) is 1. The average Bonchev–Trinajstić information content (AvgIpc) is 2.67. The van der Waals surface area contributed by atoms with Gasteiger partial charge in [-0.1, -0.05) is 37.6 Å². The smallest absolute Gasteiger partial charge is 0.321 e. The van der Waals surface area contributed by atoms with Crippen LogP contribution in [0.4, 0.5) is 18.9 Å². The summed E-state index contributed by atoms with van der Waals surface area (Å²) in [6.07, 6.45) is -4.36. The van der Waals surface area contributed by atoms with E-state index in [1.165, 1.54) is 28.6 Å². The van der Waals surface area contributed by atoms with Gasteiger partial charge in [0.15, 0.2) is 0 Å². The Morgan fingerprint density at radius 2 is 1.77 bits per heavy atom. The number of anilines is 1. The highest BCUT2D eigenvalue weighted by atomic mass is 35.5. The van der Waals surface area contributed by atoms with Crippen molar-refractivity contribution in [3.63, 3.8) is 0 Å². The van der Waals surface area contributed by atoms with Gasteiger partial charge in [0.2, 0.25) is 10.0 Å². The van der Waals surface area contributed by atoms with E-state index in [-0.39, 0.29) is 39.2 Å². The van der Waals surface area contributed by atoms with Crippen LogP contribution in [0.2, 0.25) is 5.02 Å². The number of para-hydroxylation sites is 1. The summed E-state index contributed by atoms with van der Waals surface area (Å²) in [5.41, 5.74) is 0.209. The number of sulfonamides is 1. The second kappa shape index (κ2) is 10.0. The molecule has 0 fully saturated rings. The molecular formula is C19H20ClF3N2O3S2. The average molecular weight is 481 g/mol. The lowest BCUT2D eigenvalue weighted by molar-refractivity contribution is -0.105. The third kappa shape index (κ3) is 6.13. The van der Waals surface area contributed by atoms with E-state index in [4.69, 9.17) is 11.6 Å². The van der Waals surface area contributed by atoms with Gasteiger partial charge < -0.3 is 5.32 Å². The van der Waals surface area contributed by atoms with Crippen LogP contribution in [0.25, 0.3) is 0 Å². The SMILES string of the molecule is CCN(CC)S(=O)(=O)c1cc(C(=O)Nc2ccccc2SCC(F)(F)F)ccc1Cl. The van der Waals surface area contributed by atoms with E-state index in [2.05, 4.69) is 5.32 Å². The molecule has 0 saturated carbocycles. The van der Waals surface area contributed by atoms with Crippen LogP contribution in [-0.4, -0.2) is 43.6 Å². The zero-order valence-corrected chi connectivity index (χ0v) is 18.6. The van der Waals surface area contributed by atoms with Gasteiger partial charge in [-0.3, -0.25) is 4.79 Å². The lowest BCUT2D eigenvalue weighted by Crippen LogP contribution is -2.31. The first-order chi connectivity index (χ1) is 14.0. The molecule has 164 valence electrons. The van der Waals surface area contributed by atoms with Crippen molar-refractivity contribution in [3.8, 4) is 0 Å². The minimum absolute atomic E-state index is 0.0146. The van der Waals surface area contributed by atoms with Crippen molar-refractivity contribution in [1.29, 1.82) is 0 Å². The number of nitrogens with one attached hydrogen (secondary N) is 1. The Morgan fingerprint density at radius 3 is 2.37 bits per heavy atom. The van der Waals surface area contributed by atoms with Gasteiger partial charge in [0, 0.05) is 23.5 Å². The molecule has 0 bridgehead atoms. The maximum Gasteiger partial charge on any atom is 0.398 e. The van der Waals surface area contributed by atoms with Crippen molar-refractivity contribution < 1.29 is 26.4 Å². The van der Waals surface area contributed by atoms with Crippen molar-refractivity contribution in [2.45, 2.75) is 29.8 Å². The largest absolute Gasteiger partial charge is 0.398 e. The number of hydrogen-bond acceptors (Lipinski definition) is 4. The lowest BCUT2D eigenvalue weighted by atomic mass is 10.2. The summed E-state index contributed by atoms with van der Waals surface area (Å²) in [5, 5.41) is 2.51. The molecule has 11 heteroatoms. The van der Waals surface area contributed by atoms with Crippen LogP contribution < -0.4 is 5.32 Å². The van der Waals surface area contributed by atoms with Crippen LogP contribution in [-0.2, 0) is 10.0 Å².